The second-order valence-corrected chi connectivity index (χ2v) is 6.03. The van der Waals surface area contributed by atoms with Gasteiger partial charge in [-0.15, -0.1) is 0 Å². The first-order valence-electron chi connectivity index (χ1n) is 7.40. The van der Waals surface area contributed by atoms with Crippen molar-refractivity contribution < 1.29 is 4.79 Å². The molecule has 2 N–H and O–H groups in total. The van der Waals surface area contributed by atoms with E-state index in [1.807, 2.05) is 6.07 Å². The molecule has 1 amide bonds. The minimum absolute atomic E-state index is 0.134. The first-order chi connectivity index (χ1) is 9.20. The number of aryl methyl sites for hydroxylation is 1. The van der Waals surface area contributed by atoms with Gasteiger partial charge in [-0.25, -0.2) is 0 Å². The molecule has 2 unspecified atom stereocenters. The molecule has 2 aliphatic rings. The summed E-state index contributed by atoms with van der Waals surface area (Å²) in [6.07, 6.45) is 6.72. The molecule has 3 nitrogen and oxygen atoms in total. The molecule has 0 radical (unpaired) electrons. The maximum atomic E-state index is 11.3. The third-order valence-electron chi connectivity index (χ3n) is 4.31. The third-order valence-corrected chi connectivity index (χ3v) is 4.31. The van der Waals surface area contributed by atoms with E-state index in [0.717, 1.165) is 18.0 Å². The van der Waals surface area contributed by atoms with Crippen LogP contribution in [0.5, 0.6) is 0 Å². The Balaban J connectivity index is 1.70. The van der Waals surface area contributed by atoms with E-state index in [1.165, 1.54) is 36.9 Å². The lowest BCUT2D eigenvalue weighted by atomic mass is 9.87. The van der Waals surface area contributed by atoms with Crippen LogP contribution < -0.4 is 10.6 Å². The summed E-state index contributed by atoms with van der Waals surface area (Å²) < 4.78 is 0. The Morgan fingerprint density at radius 1 is 1.26 bits per heavy atom. The van der Waals surface area contributed by atoms with E-state index in [4.69, 9.17) is 0 Å². The number of carbonyl (C=O) groups is 1. The number of nitrogens with one attached hydrogen (secondary N) is 2. The third kappa shape index (κ3) is 2.91. The smallest absolute Gasteiger partial charge is 0.224 e. The van der Waals surface area contributed by atoms with E-state index >= 15 is 0 Å². The predicted molar refractivity (Wildman–Crippen MR) is 78.4 cm³/mol. The van der Waals surface area contributed by atoms with Crippen LogP contribution in [0, 0.1) is 5.92 Å². The largest absolute Gasteiger partial charge is 0.382 e. The minimum Gasteiger partial charge on any atom is -0.382 e. The van der Waals surface area contributed by atoms with Crippen molar-refractivity contribution in [3.8, 4) is 0 Å². The summed E-state index contributed by atoms with van der Waals surface area (Å²) in [6.45, 7) is 2.34. The van der Waals surface area contributed by atoms with Crippen LogP contribution in [0.3, 0.4) is 0 Å². The van der Waals surface area contributed by atoms with Crippen LogP contribution >= 0.6 is 0 Å². The van der Waals surface area contributed by atoms with E-state index in [-0.39, 0.29) is 5.91 Å². The summed E-state index contributed by atoms with van der Waals surface area (Å²) in [5.74, 6) is 0.970. The molecule has 1 fully saturated rings. The zero-order valence-corrected chi connectivity index (χ0v) is 11.5. The Bertz CT molecular complexity index is 484. The second kappa shape index (κ2) is 5.24. The van der Waals surface area contributed by atoms with Crippen molar-refractivity contribution in [2.45, 2.75) is 51.5 Å². The number of carbonyl (C=O) groups excluding carboxylic acids is 1. The number of benzene rings is 1. The number of anilines is 2. The molecule has 102 valence electrons. The molecule has 0 saturated heterocycles. The van der Waals surface area contributed by atoms with E-state index in [2.05, 4.69) is 29.7 Å². The molecule has 1 aromatic rings. The highest BCUT2D eigenvalue weighted by Crippen LogP contribution is 2.29. The number of amides is 1. The van der Waals surface area contributed by atoms with Crippen molar-refractivity contribution in [3.63, 3.8) is 0 Å². The Morgan fingerprint density at radius 2 is 2.16 bits per heavy atom. The Hall–Kier alpha value is -1.51. The summed E-state index contributed by atoms with van der Waals surface area (Å²) in [7, 11) is 0. The lowest BCUT2D eigenvalue weighted by Crippen LogP contribution is -2.26. The highest BCUT2D eigenvalue weighted by molar-refractivity contribution is 5.94. The van der Waals surface area contributed by atoms with Crippen LogP contribution in [0.4, 0.5) is 11.4 Å². The van der Waals surface area contributed by atoms with Gasteiger partial charge < -0.3 is 10.6 Å². The normalized spacial score (nSPS) is 26.5. The van der Waals surface area contributed by atoms with Gasteiger partial charge in [-0.05, 0) is 48.9 Å². The van der Waals surface area contributed by atoms with Gasteiger partial charge in [0.05, 0.1) is 0 Å². The molecular formula is C16H22N2O. The zero-order valence-electron chi connectivity index (χ0n) is 11.5. The van der Waals surface area contributed by atoms with Crippen molar-refractivity contribution >= 4 is 17.3 Å². The molecule has 1 aliphatic heterocycles. The Morgan fingerprint density at radius 3 is 3.00 bits per heavy atom. The van der Waals surface area contributed by atoms with Gasteiger partial charge in [0.15, 0.2) is 0 Å². The number of rotatable bonds is 2. The summed E-state index contributed by atoms with van der Waals surface area (Å²) in [5, 5.41) is 6.59. The number of fused-ring (bicyclic) bond motifs is 1. The highest BCUT2D eigenvalue weighted by Gasteiger charge is 2.19. The van der Waals surface area contributed by atoms with Gasteiger partial charge in [0.1, 0.15) is 0 Å². The molecule has 1 aromatic carbocycles. The fourth-order valence-corrected chi connectivity index (χ4v) is 3.27. The molecule has 0 bridgehead atoms. The summed E-state index contributed by atoms with van der Waals surface area (Å²) >= 11 is 0. The van der Waals surface area contributed by atoms with Gasteiger partial charge >= 0.3 is 0 Å². The topological polar surface area (TPSA) is 41.1 Å². The molecular weight excluding hydrogens is 236 g/mol. The monoisotopic (exact) mass is 258 g/mol. The average Bonchev–Trinajstić information content (AvgIpc) is 2.39. The Kier molecular flexibility index (Phi) is 3.45. The van der Waals surface area contributed by atoms with Gasteiger partial charge in [-0.3, -0.25) is 4.79 Å². The van der Waals surface area contributed by atoms with E-state index in [9.17, 15) is 4.79 Å². The van der Waals surface area contributed by atoms with Crippen molar-refractivity contribution in [3.05, 3.63) is 23.8 Å². The molecule has 0 spiro atoms. The van der Waals surface area contributed by atoms with Crippen molar-refractivity contribution in [1.82, 2.24) is 0 Å². The van der Waals surface area contributed by atoms with Gasteiger partial charge in [-0.2, -0.15) is 0 Å². The molecule has 1 saturated carbocycles. The highest BCUT2D eigenvalue weighted by atomic mass is 16.1. The van der Waals surface area contributed by atoms with Crippen LogP contribution in [0.1, 0.15) is 44.6 Å². The van der Waals surface area contributed by atoms with E-state index < -0.39 is 0 Å². The van der Waals surface area contributed by atoms with Gasteiger partial charge in [0.25, 0.3) is 0 Å². The van der Waals surface area contributed by atoms with Gasteiger partial charge in [0.2, 0.25) is 5.91 Å². The molecule has 0 aromatic heterocycles. The summed E-state index contributed by atoms with van der Waals surface area (Å²) in [5.41, 5.74) is 3.45. The molecule has 1 aliphatic carbocycles. The predicted octanol–water partition coefficient (Wildman–Crippen LogP) is 3.56. The van der Waals surface area contributed by atoms with Crippen LogP contribution in [0.15, 0.2) is 18.2 Å². The first-order valence-corrected chi connectivity index (χ1v) is 7.40. The van der Waals surface area contributed by atoms with E-state index in [1.54, 1.807) is 0 Å². The van der Waals surface area contributed by atoms with Crippen LogP contribution in [-0.4, -0.2) is 11.9 Å². The average molecular weight is 258 g/mol. The summed E-state index contributed by atoms with van der Waals surface area (Å²) in [4.78, 5) is 11.3. The minimum atomic E-state index is 0.134. The quantitative estimate of drug-likeness (QED) is 0.851. The molecule has 2 atom stereocenters. The van der Waals surface area contributed by atoms with Gasteiger partial charge in [0, 0.05) is 23.8 Å². The van der Waals surface area contributed by atoms with Gasteiger partial charge in [-0.1, -0.05) is 19.8 Å². The first kappa shape index (κ1) is 12.5. The summed E-state index contributed by atoms with van der Waals surface area (Å²) in [6, 6.07) is 6.93. The molecule has 1 heterocycles. The lowest BCUT2D eigenvalue weighted by molar-refractivity contribution is -0.116. The van der Waals surface area contributed by atoms with Crippen molar-refractivity contribution in [2.75, 3.05) is 10.6 Å². The molecule has 3 heteroatoms. The molecule has 3 rings (SSSR count). The SMILES string of the molecule is CC1CCCC(Nc2ccc3c(c2)CCC(=O)N3)C1. The lowest BCUT2D eigenvalue weighted by Gasteiger charge is -2.29. The van der Waals surface area contributed by atoms with Crippen LogP contribution in [-0.2, 0) is 11.2 Å². The molecule has 19 heavy (non-hydrogen) atoms. The maximum Gasteiger partial charge on any atom is 0.224 e. The second-order valence-electron chi connectivity index (χ2n) is 6.03. The Labute approximate surface area is 114 Å². The standard InChI is InChI=1S/C16H22N2O/c1-11-3-2-4-13(9-11)17-14-6-7-15-12(10-14)5-8-16(19)18-15/h6-7,10-11,13,17H,2-5,8-9H2,1H3,(H,18,19). The van der Waals surface area contributed by atoms with E-state index in [0.29, 0.717) is 12.5 Å². The maximum absolute atomic E-state index is 11.3. The number of hydrogen-bond donors (Lipinski definition) is 2. The van der Waals surface area contributed by atoms with Crippen molar-refractivity contribution in [1.29, 1.82) is 0 Å². The van der Waals surface area contributed by atoms with Crippen LogP contribution in [0.2, 0.25) is 0 Å². The fraction of sp³-hybridized carbons (Fsp3) is 0.562. The van der Waals surface area contributed by atoms with Crippen molar-refractivity contribution in [2.24, 2.45) is 5.92 Å². The fourth-order valence-electron chi connectivity index (χ4n) is 3.27. The number of hydrogen-bond acceptors (Lipinski definition) is 2. The zero-order chi connectivity index (χ0) is 13.2. The van der Waals surface area contributed by atoms with Crippen LogP contribution in [0.25, 0.3) is 0 Å².